The van der Waals surface area contributed by atoms with Crippen molar-refractivity contribution in [1.82, 2.24) is 14.8 Å². The van der Waals surface area contributed by atoms with E-state index in [1.54, 1.807) is 4.57 Å². The fraction of sp³-hybridized carbons (Fsp3) is 0.308. The first kappa shape index (κ1) is 15.3. The molecule has 0 bridgehead atoms. The Morgan fingerprint density at radius 1 is 1.43 bits per heavy atom. The van der Waals surface area contributed by atoms with Gasteiger partial charge >= 0.3 is 5.97 Å². The Morgan fingerprint density at radius 3 is 2.71 bits per heavy atom. The van der Waals surface area contributed by atoms with Crippen LogP contribution in [0.5, 0.6) is 5.75 Å². The van der Waals surface area contributed by atoms with Gasteiger partial charge in [-0.1, -0.05) is 11.8 Å². The summed E-state index contributed by atoms with van der Waals surface area (Å²) in [6.45, 7) is 3.77. The maximum absolute atomic E-state index is 13.1. The Morgan fingerprint density at radius 2 is 2.14 bits per heavy atom. The molecule has 21 heavy (non-hydrogen) atoms. The molecule has 112 valence electrons. The molecule has 6 nitrogen and oxygen atoms in total. The van der Waals surface area contributed by atoms with Crippen molar-refractivity contribution in [1.29, 1.82) is 0 Å². The number of aromatic hydroxyl groups is 1. The monoisotopic (exact) mass is 311 g/mol. The van der Waals surface area contributed by atoms with Crippen LogP contribution >= 0.6 is 11.8 Å². The standard InChI is InChI=1S/C13H14FN3O3S/c1-7(2)17-12(9-4-3-8(14)5-10(9)18)15-16-13(17)21-6-11(19)20/h3-5,7,18H,6H2,1-2H3,(H,19,20). The quantitative estimate of drug-likeness (QED) is 0.825. The summed E-state index contributed by atoms with van der Waals surface area (Å²) in [4.78, 5) is 10.7. The summed E-state index contributed by atoms with van der Waals surface area (Å²) in [5.74, 6) is -1.51. The largest absolute Gasteiger partial charge is 0.507 e. The first-order valence-electron chi connectivity index (χ1n) is 6.18. The first-order valence-corrected chi connectivity index (χ1v) is 7.17. The van der Waals surface area contributed by atoms with Gasteiger partial charge < -0.3 is 10.2 Å². The maximum atomic E-state index is 13.1. The van der Waals surface area contributed by atoms with E-state index < -0.39 is 11.8 Å². The molecule has 1 aromatic heterocycles. The molecule has 1 aromatic carbocycles. The van der Waals surface area contributed by atoms with Crippen molar-refractivity contribution in [2.45, 2.75) is 25.0 Å². The summed E-state index contributed by atoms with van der Waals surface area (Å²) in [7, 11) is 0. The lowest BCUT2D eigenvalue weighted by Gasteiger charge is -2.14. The lowest BCUT2D eigenvalue weighted by molar-refractivity contribution is -0.133. The minimum atomic E-state index is -0.954. The van der Waals surface area contributed by atoms with Crippen LogP contribution < -0.4 is 0 Å². The van der Waals surface area contributed by atoms with Gasteiger partial charge in [-0.3, -0.25) is 9.36 Å². The van der Waals surface area contributed by atoms with E-state index in [2.05, 4.69) is 10.2 Å². The summed E-state index contributed by atoms with van der Waals surface area (Å²) in [5, 5.41) is 27.0. The van der Waals surface area contributed by atoms with Gasteiger partial charge in [0.25, 0.3) is 0 Å². The van der Waals surface area contributed by atoms with E-state index >= 15 is 0 Å². The van der Waals surface area contributed by atoms with Gasteiger partial charge in [0, 0.05) is 12.1 Å². The minimum absolute atomic E-state index is 0.0456. The van der Waals surface area contributed by atoms with E-state index in [1.165, 1.54) is 12.1 Å². The van der Waals surface area contributed by atoms with Gasteiger partial charge in [0.2, 0.25) is 0 Å². The van der Waals surface area contributed by atoms with Gasteiger partial charge in [-0.2, -0.15) is 0 Å². The van der Waals surface area contributed by atoms with Crippen molar-refractivity contribution >= 4 is 17.7 Å². The summed E-state index contributed by atoms with van der Waals surface area (Å²) in [6.07, 6.45) is 0. The van der Waals surface area contributed by atoms with Crippen LogP contribution in [0.4, 0.5) is 4.39 Å². The van der Waals surface area contributed by atoms with Gasteiger partial charge in [-0.25, -0.2) is 4.39 Å². The van der Waals surface area contributed by atoms with E-state index in [4.69, 9.17) is 5.11 Å². The van der Waals surface area contributed by atoms with Crippen LogP contribution in [0.2, 0.25) is 0 Å². The Balaban J connectivity index is 2.46. The van der Waals surface area contributed by atoms with Crippen molar-refractivity contribution in [3.05, 3.63) is 24.0 Å². The molecule has 2 rings (SSSR count). The van der Waals surface area contributed by atoms with E-state index in [0.29, 0.717) is 16.5 Å². The summed E-state index contributed by atoms with van der Waals surface area (Å²) >= 11 is 1.04. The van der Waals surface area contributed by atoms with Crippen molar-refractivity contribution in [2.24, 2.45) is 0 Å². The van der Waals surface area contributed by atoms with Crippen molar-refractivity contribution in [3.63, 3.8) is 0 Å². The number of nitrogens with zero attached hydrogens (tertiary/aromatic N) is 3. The molecule has 2 N–H and O–H groups in total. The molecule has 0 fully saturated rings. The Bertz CT molecular complexity index is 673. The predicted molar refractivity (Wildman–Crippen MR) is 75.8 cm³/mol. The molecule has 1 heterocycles. The van der Waals surface area contributed by atoms with Crippen molar-refractivity contribution in [3.8, 4) is 17.1 Å². The fourth-order valence-electron chi connectivity index (χ4n) is 1.84. The molecular formula is C13H14FN3O3S. The van der Waals surface area contributed by atoms with Crippen LogP contribution in [0.25, 0.3) is 11.4 Å². The zero-order valence-electron chi connectivity index (χ0n) is 11.4. The van der Waals surface area contributed by atoms with Gasteiger partial charge in [0.1, 0.15) is 11.6 Å². The van der Waals surface area contributed by atoms with Crippen LogP contribution in [-0.4, -0.2) is 36.7 Å². The Kier molecular flexibility index (Phi) is 4.46. The third-order valence-corrected chi connectivity index (χ3v) is 3.63. The molecule has 0 aliphatic rings. The van der Waals surface area contributed by atoms with Crippen LogP contribution in [-0.2, 0) is 4.79 Å². The van der Waals surface area contributed by atoms with E-state index in [-0.39, 0.29) is 17.5 Å². The molecule has 0 radical (unpaired) electrons. The number of carboxylic acid groups (broad SMARTS) is 1. The molecule has 8 heteroatoms. The average molecular weight is 311 g/mol. The number of aliphatic carboxylic acids is 1. The van der Waals surface area contributed by atoms with E-state index in [1.807, 2.05) is 13.8 Å². The maximum Gasteiger partial charge on any atom is 0.313 e. The summed E-state index contributed by atoms with van der Waals surface area (Å²) < 4.78 is 14.8. The summed E-state index contributed by atoms with van der Waals surface area (Å²) in [6, 6.07) is 3.59. The zero-order valence-corrected chi connectivity index (χ0v) is 12.3. The number of carboxylic acids is 1. The topological polar surface area (TPSA) is 88.2 Å². The highest BCUT2D eigenvalue weighted by molar-refractivity contribution is 7.99. The van der Waals surface area contributed by atoms with Crippen molar-refractivity contribution < 1.29 is 19.4 Å². The van der Waals surface area contributed by atoms with Crippen LogP contribution in [0.1, 0.15) is 19.9 Å². The number of benzene rings is 1. The number of hydrogen-bond donors (Lipinski definition) is 2. The third-order valence-electron chi connectivity index (χ3n) is 2.71. The number of aromatic nitrogens is 3. The zero-order chi connectivity index (χ0) is 15.6. The van der Waals surface area contributed by atoms with Crippen molar-refractivity contribution in [2.75, 3.05) is 5.75 Å². The number of phenolic OH excluding ortho intramolecular Hbond substituents is 1. The molecule has 0 atom stereocenters. The van der Waals surface area contributed by atoms with Gasteiger partial charge in [-0.15, -0.1) is 10.2 Å². The molecule has 0 aliphatic carbocycles. The predicted octanol–water partition coefficient (Wildman–Crippen LogP) is 2.55. The van der Waals surface area contributed by atoms with Crippen LogP contribution in [0.15, 0.2) is 23.4 Å². The van der Waals surface area contributed by atoms with Gasteiger partial charge in [0.05, 0.1) is 11.3 Å². The molecule has 0 saturated carbocycles. The second-order valence-corrected chi connectivity index (χ2v) is 5.56. The van der Waals surface area contributed by atoms with E-state index in [0.717, 1.165) is 17.8 Å². The lowest BCUT2D eigenvalue weighted by atomic mass is 10.1. The first-order chi connectivity index (χ1) is 9.90. The van der Waals surface area contributed by atoms with Gasteiger partial charge in [-0.05, 0) is 26.0 Å². The highest BCUT2D eigenvalue weighted by Crippen LogP contribution is 2.32. The number of hydrogen-bond acceptors (Lipinski definition) is 5. The van der Waals surface area contributed by atoms with Crippen LogP contribution in [0.3, 0.4) is 0 Å². The normalized spacial score (nSPS) is 11.0. The number of phenols is 1. The molecule has 0 amide bonds. The molecule has 0 unspecified atom stereocenters. The highest BCUT2D eigenvalue weighted by atomic mass is 32.2. The van der Waals surface area contributed by atoms with E-state index in [9.17, 15) is 14.3 Å². The number of thioether (sulfide) groups is 1. The fourth-order valence-corrected chi connectivity index (χ4v) is 2.63. The third kappa shape index (κ3) is 3.33. The lowest BCUT2D eigenvalue weighted by Crippen LogP contribution is -2.07. The highest BCUT2D eigenvalue weighted by Gasteiger charge is 2.19. The Labute approximate surface area is 124 Å². The molecule has 0 saturated heterocycles. The number of halogens is 1. The Hall–Kier alpha value is -2.09. The SMILES string of the molecule is CC(C)n1c(SCC(=O)O)nnc1-c1ccc(F)cc1O. The second-order valence-electron chi connectivity index (χ2n) is 4.61. The number of rotatable bonds is 5. The number of carbonyl (C=O) groups is 1. The molecule has 2 aromatic rings. The van der Waals surface area contributed by atoms with Crippen LogP contribution in [0, 0.1) is 5.82 Å². The second kappa shape index (κ2) is 6.13. The molecular weight excluding hydrogens is 297 g/mol. The minimum Gasteiger partial charge on any atom is -0.507 e. The smallest absolute Gasteiger partial charge is 0.313 e. The molecule has 0 aliphatic heterocycles. The average Bonchev–Trinajstić information content (AvgIpc) is 2.80. The summed E-state index contributed by atoms with van der Waals surface area (Å²) in [5.41, 5.74) is 0.347. The molecule has 0 spiro atoms. The van der Waals surface area contributed by atoms with Gasteiger partial charge in [0.15, 0.2) is 11.0 Å².